The normalized spacial score (nSPS) is 11.5. The van der Waals surface area contributed by atoms with E-state index in [4.69, 9.17) is 4.74 Å². The van der Waals surface area contributed by atoms with Crippen molar-refractivity contribution in [2.75, 3.05) is 20.7 Å². The minimum Gasteiger partial charge on any atom is -0.375 e. The van der Waals surface area contributed by atoms with Gasteiger partial charge in [-0.05, 0) is 36.8 Å². The van der Waals surface area contributed by atoms with Crippen LogP contribution < -0.4 is 16.0 Å². The van der Waals surface area contributed by atoms with Crippen molar-refractivity contribution in [1.29, 1.82) is 0 Å². The van der Waals surface area contributed by atoms with Crippen molar-refractivity contribution in [3.05, 3.63) is 35.4 Å². The molecule has 0 saturated carbocycles. The molecule has 0 aliphatic heterocycles. The van der Waals surface area contributed by atoms with E-state index < -0.39 is 0 Å². The number of carbonyl (C=O) groups excluding carboxylic acids is 3. The molecule has 0 radical (unpaired) electrons. The third-order valence-electron chi connectivity index (χ3n) is 4.31. The van der Waals surface area contributed by atoms with Crippen LogP contribution in [-0.4, -0.2) is 45.0 Å². The summed E-state index contributed by atoms with van der Waals surface area (Å²) in [7, 11) is 3.24. The van der Waals surface area contributed by atoms with E-state index in [1.54, 1.807) is 14.1 Å². The van der Waals surface area contributed by atoms with Crippen LogP contribution in [0.1, 0.15) is 43.2 Å². The molecule has 1 rings (SSSR count). The molecule has 0 aliphatic carbocycles. The molecule has 7 heteroatoms. The third-order valence-corrected chi connectivity index (χ3v) is 4.31. The Morgan fingerprint density at radius 2 is 1.63 bits per heavy atom. The van der Waals surface area contributed by atoms with Crippen LogP contribution in [0.15, 0.2) is 24.3 Å². The highest BCUT2D eigenvalue weighted by atomic mass is 16.5. The Labute approximate surface area is 161 Å². The number of benzene rings is 1. The monoisotopic (exact) mass is 377 g/mol. The topological polar surface area (TPSA) is 96.5 Å². The number of ether oxygens (including phenoxy) is 1. The molecule has 1 aromatic carbocycles. The maximum Gasteiger partial charge on any atom is 0.219 e. The number of unbranched alkanes of at least 4 members (excludes halogenated alkanes) is 1. The number of carbonyl (C=O) groups is 3. The van der Waals surface area contributed by atoms with Crippen LogP contribution in [0.3, 0.4) is 0 Å². The summed E-state index contributed by atoms with van der Waals surface area (Å²) in [4.78, 5) is 33.2. The first-order chi connectivity index (χ1) is 13.1. The van der Waals surface area contributed by atoms with Crippen molar-refractivity contribution in [2.45, 2.75) is 51.2 Å². The summed E-state index contributed by atoms with van der Waals surface area (Å²) in [5.41, 5.74) is 2.29. The summed E-state index contributed by atoms with van der Waals surface area (Å²) >= 11 is 0. The van der Waals surface area contributed by atoms with Gasteiger partial charge in [-0.3, -0.25) is 14.4 Å². The molecule has 0 aliphatic rings. The molecule has 3 amide bonds. The quantitative estimate of drug-likeness (QED) is 0.336. The molecule has 27 heavy (non-hydrogen) atoms. The van der Waals surface area contributed by atoms with Gasteiger partial charge in [0.2, 0.25) is 18.2 Å². The minimum atomic E-state index is -0.181. The average molecular weight is 377 g/mol. The van der Waals surface area contributed by atoms with Crippen LogP contribution in [0, 0.1) is 0 Å². The predicted octanol–water partition coefficient (Wildman–Crippen LogP) is 1.30. The van der Waals surface area contributed by atoms with Gasteiger partial charge in [-0.1, -0.05) is 24.3 Å². The zero-order valence-electron chi connectivity index (χ0n) is 16.3. The molecule has 3 N–H and O–H groups in total. The van der Waals surface area contributed by atoms with E-state index in [2.05, 4.69) is 28.1 Å². The molecule has 150 valence electrons. The standard InChI is InChI=1S/C20H31N3O4/c1-21-19(25)6-4-3-5-16-7-9-17(10-8-16)13-27-14-18(23-15-24)11-12-20(26)22-2/h7-10,15,18H,3-6,11-14H2,1-2H3,(H,21,25)(H,22,26)(H,23,24)/t18-/m0/s1. The maximum atomic E-state index is 11.3. The molecular weight excluding hydrogens is 346 g/mol. The van der Waals surface area contributed by atoms with Gasteiger partial charge in [0.05, 0.1) is 19.3 Å². The molecule has 0 saturated heterocycles. The van der Waals surface area contributed by atoms with Gasteiger partial charge in [-0.15, -0.1) is 0 Å². The lowest BCUT2D eigenvalue weighted by Gasteiger charge is -2.16. The number of rotatable bonds is 14. The highest BCUT2D eigenvalue weighted by Crippen LogP contribution is 2.10. The zero-order valence-corrected chi connectivity index (χ0v) is 16.3. The molecule has 1 atom stereocenters. The van der Waals surface area contributed by atoms with E-state index in [9.17, 15) is 14.4 Å². The van der Waals surface area contributed by atoms with Crippen molar-refractivity contribution >= 4 is 18.2 Å². The average Bonchev–Trinajstić information content (AvgIpc) is 2.69. The molecule has 0 bridgehead atoms. The van der Waals surface area contributed by atoms with Crippen LogP contribution in [-0.2, 0) is 32.1 Å². The Morgan fingerprint density at radius 3 is 2.26 bits per heavy atom. The molecule has 1 aromatic rings. The van der Waals surface area contributed by atoms with Crippen LogP contribution in [0.25, 0.3) is 0 Å². The predicted molar refractivity (Wildman–Crippen MR) is 104 cm³/mol. The summed E-state index contributed by atoms with van der Waals surface area (Å²) < 4.78 is 5.68. The lowest BCUT2D eigenvalue weighted by molar-refractivity contribution is -0.121. The van der Waals surface area contributed by atoms with Gasteiger partial charge in [0, 0.05) is 26.9 Å². The Kier molecular flexibility index (Phi) is 11.5. The highest BCUT2D eigenvalue weighted by molar-refractivity contribution is 5.75. The summed E-state index contributed by atoms with van der Waals surface area (Å²) in [6.45, 7) is 0.810. The van der Waals surface area contributed by atoms with E-state index in [0.717, 1.165) is 24.8 Å². The molecule has 0 unspecified atom stereocenters. The molecule has 0 spiro atoms. The first-order valence-corrected chi connectivity index (χ1v) is 9.35. The largest absolute Gasteiger partial charge is 0.375 e. The maximum absolute atomic E-state index is 11.3. The number of nitrogens with one attached hydrogen (secondary N) is 3. The Balaban J connectivity index is 2.30. The highest BCUT2D eigenvalue weighted by Gasteiger charge is 2.10. The van der Waals surface area contributed by atoms with Crippen LogP contribution >= 0.6 is 0 Å². The van der Waals surface area contributed by atoms with Crippen LogP contribution in [0.4, 0.5) is 0 Å². The number of amides is 3. The van der Waals surface area contributed by atoms with Crippen molar-refractivity contribution in [1.82, 2.24) is 16.0 Å². The molecule has 7 nitrogen and oxygen atoms in total. The molecular formula is C20H31N3O4. The van der Waals surface area contributed by atoms with E-state index >= 15 is 0 Å². The van der Waals surface area contributed by atoms with Gasteiger partial charge < -0.3 is 20.7 Å². The Bertz CT molecular complexity index is 575. The Hall–Kier alpha value is -2.41. The molecule has 0 heterocycles. The number of aryl methyl sites for hydroxylation is 1. The summed E-state index contributed by atoms with van der Waals surface area (Å²) in [5, 5.41) is 7.87. The second-order valence-corrected chi connectivity index (χ2v) is 6.41. The first kappa shape index (κ1) is 22.6. The van der Waals surface area contributed by atoms with E-state index in [1.807, 2.05) is 12.1 Å². The van der Waals surface area contributed by atoms with Gasteiger partial charge in [-0.25, -0.2) is 0 Å². The van der Waals surface area contributed by atoms with Crippen LogP contribution in [0.5, 0.6) is 0 Å². The van der Waals surface area contributed by atoms with Gasteiger partial charge in [-0.2, -0.15) is 0 Å². The van der Waals surface area contributed by atoms with Crippen molar-refractivity contribution < 1.29 is 19.1 Å². The van der Waals surface area contributed by atoms with Gasteiger partial charge in [0.25, 0.3) is 0 Å². The number of hydrogen-bond donors (Lipinski definition) is 3. The van der Waals surface area contributed by atoms with Gasteiger partial charge in [0.15, 0.2) is 0 Å². The van der Waals surface area contributed by atoms with Gasteiger partial charge in [0.1, 0.15) is 0 Å². The summed E-state index contributed by atoms with van der Waals surface area (Å²) in [5.74, 6) is 0.0267. The van der Waals surface area contributed by atoms with E-state index in [-0.39, 0.29) is 17.9 Å². The first-order valence-electron chi connectivity index (χ1n) is 9.35. The zero-order chi connectivity index (χ0) is 19.9. The SMILES string of the molecule is CNC(=O)CCCCc1ccc(COC[C@H](CCC(=O)NC)NC=O)cc1. The molecule has 0 aromatic heterocycles. The summed E-state index contributed by atoms with van der Waals surface area (Å²) in [6.07, 6.45) is 4.89. The fourth-order valence-electron chi connectivity index (χ4n) is 2.60. The summed E-state index contributed by atoms with van der Waals surface area (Å²) in [6, 6.07) is 8.03. The van der Waals surface area contributed by atoms with E-state index in [1.165, 1.54) is 5.56 Å². The lowest BCUT2D eigenvalue weighted by Crippen LogP contribution is -2.34. The number of hydrogen-bond acceptors (Lipinski definition) is 4. The Morgan fingerprint density at radius 1 is 1.00 bits per heavy atom. The molecule has 0 fully saturated rings. The minimum absolute atomic E-state index is 0.0568. The second-order valence-electron chi connectivity index (χ2n) is 6.41. The smallest absolute Gasteiger partial charge is 0.219 e. The van der Waals surface area contributed by atoms with E-state index in [0.29, 0.717) is 38.9 Å². The van der Waals surface area contributed by atoms with Crippen molar-refractivity contribution in [3.8, 4) is 0 Å². The van der Waals surface area contributed by atoms with Crippen molar-refractivity contribution in [2.24, 2.45) is 0 Å². The van der Waals surface area contributed by atoms with Crippen LogP contribution in [0.2, 0.25) is 0 Å². The fraction of sp³-hybridized carbons (Fsp3) is 0.550. The lowest BCUT2D eigenvalue weighted by atomic mass is 10.1. The van der Waals surface area contributed by atoms with Crippen molar-refractivity contribution in [3.63, 3.8) is 0 Å². The second kappa shape index (κ2) is 13.7. The van der Waals surface area contributed by atoms with Gasteiger partial charge >= 0.3 is 0 Å². The fourth-order valence-corrected chi connectivity index (χ4v) is 2.60. The third kappa shape index (κ3) is 10.4.